The van der Waals surface area contributed by atoms with Crippen LogP contribution >= 0.6 is 11.8 Å². The van der Waals surface area contributed by atoms with Crippen LogP contribution in [0.5, 0.6) is 0 Å². The topological polar surface area (TPSA) is 83.7 Å². The number of thioether (sulfide) groups is 1. The number of carbonyl (C=O) groups is 1. The van der Waals surface area contributed by atoms with Crippen molar-refractivity contribution >= 4 is 23.5 Å². The maximum atomic E-state index is 12.3. The molecule has 3 aromatic rings. The molecule has 1 aliphatic heterocycles. The van der Waals surface area contributed by atoms with Crippen molar-refractivity contribution in [3.63, 3.8) is 0 Å². The van der Waals surface area contributed by atoms with Gasteiger partial charge in [-0.3, -0.25) is 4.79 Å². The zero-order valence-electron chi connectivity index (χ0n) is 19.0. The Kier molecular flexibility index (Phi) is 7.98. The zero-order valence-corrected chi connectivity index (χ0v) is 19.8. The van der Waals surface area contributed by atoms with Crippen LogP contribution in [0.1, 0.15) is 16.3 Å². The third-order valence-corrected chi connectivity index (χ3v) is 6.04. The molecule has 0 aliphatic carbocycles. The fourth-order valence-electron chi connectivity index (χ4n) is 3.38. The number of hydrogen-bond acceptors (Lipinski definition) is 8. The molecule has 0 unspecified atom stereocenters. The molecule has 0 bridgehead atoms. The number of anilines is 1. The number of carbonyl (C=O) groups excluding carboxylic acids is 1. The molecule has 0 radical (unpaired) electrons. The smallest absolute Gasteiger partial charge is 0.287 e. The van der Waals surface area contributed by atoms with E-state index in [1.807, 2.05) is 61.5 Å². The van der Waals surface area contributed by atoms with Crippen LogP contribution in [0, 0.1) is 0 Å². The fourth-order valence-corrected chi connectivity index (χ4v) is 4.13. The van der Waals surface area contributed by atoms with Crippen molar-refractivity contribution in [2.45, 2.75) is 10.9 Å². The number of aromatic nitrogens is 2. The number of furan rings is 1. The highest BCUT2D eigenvalue weighted by Gasteiger charge is 2.17. The van der Waals surface area contributed by atoms with E-state index in [4.69, 9.17) is 19.1 Å². The quantitative estimate of drug-likeness (QED) is 0.380. The number of nitrogens with zero attached hydrogens (tertiary/aromatic N) is 4. The van der Waals surface area contributed by atoms with Crippen molar-refractivity contribution in [1.82, 2.24) is 20.2 Å². The Bertz CT molecular complexity index is 1050. The molecule has 1 saturated heterocycles. The first-order chi connectivity index (χ1) is 16.1. The monoisotopic (exact) mass is 467 g/mol. The largest absolute Gasteiger partial charge is 0.455 e. The van der Waals surface area contributed by atoms with Gasteiger partial charge in [0.15, 0.2) is 10.9 Å². The van der Waals surface area contributed by atoms with E-state index in [2.05, 4.69) is 10.2 Å². The van der Waals surface area contributed by atoms with Gasteiger partial charge in [-0.1, -0.05) is 42.1 Å². The first-order valence-corrected chi connectivity index (χ1v) is 12.0. The molecule has 0 saturated carbocycles. The van der Waals surface area contributed by atoms with E-state index < -0.39 is 0 Å². The number of morpholine rings is 1. The maximum Gasteiger partial charge on any atom is 0.287 e. The van der Waals surface area contributed by atoms with Gasteiger partial charge in [-0.2, -0.15) is 0 Å². The van der Waals surface area contributed by atoms with Gasteiger partial charge in [0.05, 0.1) is 24.7 Å². The molecule has 4 rings (SSSR count). The zero-order chi connectivity index (χ0) is 23.0. The van der Waals surface area contributed by atoms with E-state index >= 15 is 0 Å². The standard InChI is InChI=1S/C24H29N5O3S/c1-28(2)11-10-25-23(30)21-9-8-19(32-21)17-33-24-26-20(18-6-4-3-5-7-18)16-22(27-24)29-12-14-31-15-13-29/h3-9,16H,10-15,17H2,1-2H3,(H,25,30). The van der Waals surface area contributed by atoms with Crippen LogP contribution in [0.25, 0.3) is 11.3 Å². The molecular weight excluding hydrogens is 438 g/mol. The number of amides is 1. The van der Waals surface area contributed by atoms with Crippen LogP contribution in [0.4, 0.5) is 5.82 Å². The van der Waals surface area contributed by atoms with Gasteiger partial charge in [0.2, 0.25) is 0 Å². The highest BCUT2D eigenvalue weighted by Crippen LogP contribution is 2.28. The highest BCUT2D eigenvalue weighted by molar-refractivity contribution is 7.98. The summed E-state index contributed by atoms with van der Waals surface area (Å²) < 4.78 is 11.2. The van der Waals surface area contributed by atoms with Gasteiger partial charge in [-0.05, 0) is 26.2 Å². The summed E-state index contributed by atoms with van der Waals surface area (Å²) >= 11 is 1.50. The summed E-state index contributed by atoms with van der Waals surface area (Å²) in [5, 5.41) is 3.54. The Labute approximate surface area is 198 Å². The van der Waals surface area contributed by atoms with Gasteiger partial charge in [-0.15, -0.1) is 0 Å². The Hall–Kier alpha value is -2.88. The van der Waals surface area contributed by atoms with Gasteiger partial charge in [0.25, 0.3) is 5.91 Å². The van der Waals surface area contributed by atoms with Crippen LogP contribution < -0.4 is 10.2 Å². The predicted molar refractivity (Wildman–Crippen MR) is 130 cm³/mol. The molecule has 0 atom stereocenters. The second kappa shape index (κ2) is 11.3. The lowest BCUT2D eigenvalue weighted by molar-refractivity contribution is 0.0922. The predicted octanol–water partition coefficient (Wildman–Crippen LogP) is 3.16. The molecule has 3 heterocycles. The minimum Gasteiger partial charge on any atom is -0.455 e. The first-order valence-electron chi connectivity index (χ1n) is 11.0. The molecule has 1 aliphatic rings. The molecule has 1 aromatic carbocycles. The molecule has 2 aromatic heterocycles. The number of likely N-dealkylation sites (N-methyl/N-ethyl adjacent to an activating group) is 1. The minimum absolute atomic E-state index is 0.204. The molecule has 33 heavy (non-hydrogen) atoms. The second-order valence-corrected chi connectivity index (χ2v) is 8.92. The van der Waals surface area contributed by atoms with Crippen LogP contribution in [0.3, 0.4) is 0 Å². The Balaban J connectivity index is 1.46. The van der Waals surface area contributed by atoms with E-state index in [0.717, 1.165) is 36.7 Å². The number of ether oxygens (including phenoxy) is 1. The molecule has 174 valence electrons. The molecular formula is C24H29N5O3S. The number of nitrogens with one attached hydrogen (secondary N) is 1. The van der Waals surface area contributed by atoms with E-state index in [9.17, 15) is 4.79 Å². The maximum absolute atomic E-state index is 12.3. The Morgan fingerprint density at radius 1 is 1.12 bits per heavy atom. The first kappa shape index (κ1) is 23.3. The van der Waals surface area contributed by atoms with Gasteiger partial charge in [0, 0.05) is 37.8 Å². The van der Waals surface area contributed by atoms with Gasteiger partial charge in [0.1, 0.15) is 11.6 Å². The van der Waals surface area contributed by atoms with Crippen molar-refractivity contribution in [2.75, 3.05) is 58.4 Å². The summed E-state index contributed by atoms with van der Waals surface area (Å²) in [5.74, 6) is 2.25. The summed E-state index contributed by atoms with van der Waals surface area (Å²) in [7, 11) is 3.93. The molecule has 0 spiro atoms. The average Bonchev–Trinajstić information content (AvgIpc) is 3.33. The summed E-state index contributed by atoms with van der Waals surface area (Å²) in [6, 6.07) is 15.7. The van der Waals surface area contributed by atoms with Crippen molar-refractivity contribution in [3.8, 4) is 11.3 Å². The summed E-state index contributed by atoms with van der Waals surface area (Å²) in [4.78, 5) is 26.1. The van der Waals surface area contributed by atoms with Gasteiger partial charge in [-0.25, -0.2) is 9.97 Å². The van der Waals surface area contributed by atoms with Crippen LogP contribution in [-0.2, 0) is 10.5 Å². The fraction of sp³-hybridized carbons (Fsp3) is 0.375. The Morgan fingerprint density at radius 2 is 1.91 bits per heavy atom. The summed E-state index contributed by atoms with van der Waals surface area (Å²) in [5.41, 5.74) is 1.93. The van der Waals surface area contributed by atoms with E-state index in [-0.39, 0.29) is 5.91 Å². The normalized spacial score (nSPS) is 14.0. The van der Waals surface area contributed by atoms with E-state index in [1.54, 1.807) is 6.07 Å². The van der Waals surface area contributed by atoms with Crippen molar-refractivity contribution in [2.24, 2.45) is 0 Å². The number of benzene rings is 1. The summed E-state index contributed by atoms with van der Waals surface area (Å²) in [6.45, 7) is 4.34. The third kappa shape index (κ3) is 6.56. The van der Waals surface area contributed by atoms with Crippen LogP contribution in [0.2, 0.25) is 0 Å². The lowest BCUT2D eigenvalue weighted by Gasteiger charge is -2.28. The minimum atomic E-state index is -0.204. The second-order valence-electron chi connectivity index (χ2n) is 7.97. The highest BCUT2D eigenvalue weighted by atomic mass is 32.2. The number of hydrogen-bond donors (Lipinski definition) is 1. The van der Waals surface area contributed by atoms with Crippen LogP contribution in [-0.4, -0.2) is 74.3 Å². The van der Waals surface area contributed by atoms with E-state index in [0.29, 0.717) is 42.2 Å². The van der Waals surface area contributed by atoms with Gasteiger partial charge >= 0.3 is 0 Å². The van der Waals surface area contributed by atoms with Crippen LogP contribution in [0.15, 0.2) is 58.1 Å². The Morgan fingerprint density at radius 3 is 2.67 bits per heavy atom. The lowest BCUT2D eigenvalue weighted by atomic mass is 10.1. The molecule has 1 fully saturated rings. The average molecular weight is 468 g/mol. The van der Waals surface area contributed by atoms with Crippen molar-refractivity contribution in [3.05, 3.63) is 60.1 Å². The third-order valence-electron chi connectivity index (χ3n) is 5.17. The number of rotatable bonds is 9. The molecule has 8 nitrogen and oxygen atoms in total. The van der Waals surface area contributed by atoms with Crippen molar-refractivity contribution < 1.29 is 13.9 Å². The molecule has 1 amide bonds. The van der Waals surface area contributed by atoms with Crippen molar-refractivity contribution in [1.29, 1.82) is 0 Å². The lowest BCUT2D eigenvalue weighted by Crippen LogP contribution is -2.36. The summed E-state index contributed by atoms with van der Waals surface area (Å²) in [6.07, 6.45) is 0. The molecule has 9 heteroatoms. The molecule has 1 N–H and O–H groups in total. The van der Waals surface area contributed by atoms with Gasteiger partial charge < -0.3 is 24.3 Å². The van der Waals surface area contributed by atoms with E-state index in [1.165, 1.54) is 11.8 Å². The SMILES string of the molecule is CN(C)CCNC(=O)c1ccc(CSc2nc(-c3ccccc3)cc(N3CCOCC3)n2)o1.